The van der Waals surface area contributed by atoms with Gasteiger partial charge in [-0.3, -0.25) is 0 Å². The molecular formula is C10H14FNO. The molecule has 2 nitrogen and oxygen atoms in total. The SMILES string of the molecule is NC(CF)COCc1ccccc1. The van der Waals surface area contributed by atoms with E-state index < -0.39 is 12.7 Å². The van der Waals surface area contributed by atoms with Crippen molar-refractivity contribution in [2.45, 2.75) is 12.6 Å². The van der Waals surface area contributed by atoms with E-state index >= 15 is 0 Å². The van der Waals surface area contributed by atoms with E-state index in [1.165, 1.54) is 0 Å². The Bertz CT molecular complexity index is 228. The van der Waals surface area contributed by atoms with Gasteiger partial charge in [-0.05, 0) is 5.56 Å². The Kier molecular flexibility index (Phi) is 4.43. The van der Waals surface area contributed by atoms with Gasteiger partial charge in [0.2, 0.25) is 0 Å². The maximum absolute atomic E-state index is 11.9. The van der Waals surface area contributed by atoms with Crippen LogP contribution in [0.1, 0.15) is 5.56 Å². The van der Waals surface area contributed by atoms with Crippen LogP contribution in [0.15, 0.2) is 30.3 Å². The summed E-state index contributed by atoms with van der Waals surface area (Å²) in [6.07, 6.45) is 0. The standard InChI is InChI=1S/C10H14FNO/c11-6-10(12)8-13-7-9-4-2-1-3-5-9/h1-5,10H,6-8,12H2. The van der Waals surface area contributed by atoms with Crippen LogP contribution in [0, 0.1) is 0 Å². The summed E-state index contributed by atoms with van der Waals surface area (Å²) in [6.45, 7) is 0.231. The highest BCUT2D eigenvalue weighted by atomic mass is 19.1. The number of rotatable bonds is 5. The van der Waals surface area contributed by atoms with Gasteiger partial charge in [0, 0.05) is 0 Å². The monoisotopic (exact) mass is 183 g/mol. The van der Waals surface area contributed by atoms with E-state index in [1.54, 1.807) is 0 Å². The van der Waals surface area contributed by atoms with Gasteiger partial charge in [0.25, 0.3) is 0 Å². The Morgan fingerprint density at radius 1 is 1.31 bits per heavy atom. The van der Waals surface area contributed by atoms with Crippen LogP contribution < -0.4 is 5.73 Å². The number of hydrogen-bond donors (Lipinski definition) is 1. The molecule has 1 aromatic carbocycles. The van der Waals surface area contributed by atoms with Crippen LogP contribution in [0.4, 0.5) is 4.39 Å². The molecule has 0 amide bonds. The molecule has 0 bridgehead atoms. The van der Waals surface area contributed by atoms with Crippen molar-refractivity contribution >= 4 is 0 Å². The molecule has 1 unspecified atom stereocenters. The van der Waals surface area contributed by atoms with Crippen molar-refractivity contribution in [3.8, 4) is 0 Å². The van der Waals surface area contributed by atoms with Gasteiger partial charge >= 0.3 is 0 Å². The Balaban J connectivity index is 2.20. The molecule has 1 rings (SSSR count). The second-order valence-corrected chi connectivity index (χ2v) is 2.92. The summed E-state index contributed by atoms with van der Waals surface area (Å²) < 4.78 is 17.1. The summed E-state index contributed by atoms with van der Waals surface area (Å²) in [6, 6.07) is 9.24. The van der Waals surface area contributed by atoms with E-state index in [9.17, 15) is 4.39 Å². The Morgan fingerprint density at radius 2 is 2.00 bits per heavy atom. The minimum Gasteiger partial charge on any atom is -0.375 e. The number of alkyl halides is 1. The van der Waals surface area contributed by atoms with Crippen LogP contribution in [-0.4, -0.2) is 19.3 Å². The summed E-state index contributed by atoms with van der Waals surface area (Å²) >= 11 is 0. The Morgan fingerprint density at radius 3 is 2.62 bits per heavy atom. The molecule has 1 aromatic rings. The highest BCUT2D eigenvalue weighted by molar-refractivity contribution is 5.13. The number of nitrogens with two attached hydrogens (primary N) is 1. The van der Waals surface area contributed by atoms with Crippen LogP contribution in [0.3, 0.4) is 0 Å². The smallest absolute Gasteiger partial charge is 0.107 e. The molecule has 0 aliphatic heterocycles. The van der Waals surface area contributed by atoms with Crippen LogP contribution >= 0.6 is 0 Å². The normalized spacial score (nSPS) is 12.8. The second-order valence-electron chi connectivity index (χ2n) is 2.92. The molecule has 0 fully saturated rings. The zero-order chi connectivity index (χ0) is 9.52. The first-order chi connectivity index (χ1) is 6.33. The van der Waals surface area contributed by atoms with E-state index in [1.807, 2.05) is 30.3 Å². The third-order valence-electron chi connectivity index (χ3n) is 1.64. The van der Waals surface area contributed by atoms with E-state index in [0.29, 0.717) is 6.61 Å². The number of halogens is 1. The second kappa shape index (κ2) is 5.67. The van der Waals surface area contributed by atoms with Crippen molar-refractivity contribution in [1.29, 1.82) is 0 Å². The van der Waals surface area contributed by atoms with Crippen molar-refractivity contribution in [3.63, 3.8) is 0 Å². The molecule has 0 aliphatic rings. The van der Waals surface area contributed by atoms with E-state index in [0.717, 1.165) is 5.56 Å². The van der Waals surface area contributed by atoms with Gasteiger partial charge in [-0.25, -0.2) is 4.39 Å². The molecule has 0 saturated carbocycles. The average molecular weight is 183 g/mol. The summed E-state index contributed by atoms with van der Waals surface area (Å²) in [5, 5.41) is 0. The fourth-order valence-corrected chi connectivity index (χ4v) is 0.947. The molecule has 0 saturated heterocycles. The summed E-state index contributed by atoms with van der Waals surface area (Å²) in [7, 11) is 0. The lowest BCUT2D eigenvalue weighted by Gasteiger charge is -2.07. The molecule has 0 heterocycles. The van der Waals surface area contributed by atoms with Crippen LogP contribution in [-0.2, 0) is 11.3 Å². The molecule has 0 aromatic heterocycles. The number of benzene rings is 1. The van der Waals surface area contributed by atoms with Gasteiger partial charge in [0.05, 0.1) is 19.3 Å². The molecule has 0 aliphatic carbocycles. The third kappa shape index (κ3) is 4.01. The lowest BCUT2D eigenvalue weighted by atomic mass is 10.2. The van der Waals surface area contributed by atoms with E-state index in [2.05, 4.69) is 0 Å². The van der Waals surface area contributed by atoms with Crippen molar-refractivity contribution in [1.82, 2.24) is 0 Å². The van der Waals surface area contributed by atoms with Crippen molar-refractivity contribution in [2.75, 3.05) is 13.3 Å². The van der Waals surface area contributed by atoms with Gasteiger partial charge < -0.3 is 10.5 Å². The molecule has 3 heteroatoms. The fraction of sp³-hybridized carbons (Fsp3) is 0.400. The summed E-state index contributed by atoms with van der Waals surface area (Å²) in [5.74, 6) is 0. The molecular weight excluding hydrogens is 169 g/mol. The van der Waals surface area contributed by atoms with Crippen LogP contribution in [0.25, 0.3) is 0 Å². The van der Waals surface area contributed by atoms with E-state index in [-0.39, 0.29) is 6.61 Å². The quantitative estimate of drug-likeness (QED) is 0.750. The topological polar surface area (TPSA) is 35.2 Å². The average Bonchev–Trinajstić information content (AvgIpc) is 2.19. The molecule has 2 N–H and O–H groups in total. The Labute approximate surface area is 77.5 Å². The van der Waals surface area contributed by atoms with Crippen molar-refractivity contribution in [2.24, 2.45) is 5.73 Å². The maximum Gasteiger partial charge on any atom is 0.107 e. The Hall–Kier alpha value is -0.930. The van der Waals surface area contributed by atoms with Crippen LogP contribution in [0.2, 0.25) is 0 Å². The first-order valence-corrected chi connectivity index (χ1v) is 4.26. The maximum atomic E-state index is 11.9. The number of ether oxygens (including phenoxy) is 1. The predicted octanol–water partition coefficient (Wildman–Crippen LogP) is 1.50. The molecule has 0 radical (unpaired) electrons. The van der Waals surface area contributed by atoms with Crippen molar-refractivity contribution < 1.29 is 9.13 Å². The van der Waals surface area contributed by atoms with Gasteiger partial charge in [-0.2, -0.15) is 0 Å². The zero-order valence-corrected chi connectivity index (χ0v) is 7.45. The van der Waals surface area contributed by atoms with Crippen LogP contribution in [0.5, 0.6) is 0 Å². The summed E-state index contributed by atoms with van der Waals surface area (Å²) in [4.78, 5) is 0. The van der Waals surface area contributed by atoms with Crippen molar-refractivity contribution in [3.05, 3.63) is 35.9 Å². The largest absolute Gasteiger partial charge is 0.375 e. The van der Waals surface area contributed by atoms with Gasteiger partial charge in [0.1, 0.15) is 6.67 Å². The summed E-state index contributed by atoms with van der Waals surface area (Å²) in [5.41, 5.74) is 6.41. The van der Waals surface area contributed by atoms with Gasteiger partial charge in [0.15, 0.2) is 0 Å². The van der Waals surface area contributed by atoms with E-state index in [4.69, 9.17) is 10.5 Å². The van der Waals surface area contributed by atoms with Gasteiger partial charge in [-0.15, -0.1) is 0 Å². The molecule has 0 spiro atoms. The predicted molar refractivity (Wildman–Crippen MR) is 50.0 cm³/mol. The fourth-order valence-electron chi connectivity index (χ4n) is 0.947. The van der Waals surface area contributed by atoms with Gasteiger partial charge in [-0.1, -0.05) is 30.3 Å². The highest BCUT2D eigenvalue weighted by Gasteiger charge is 2.00. The molecule has 13 heavy (non-hydrogen) atoms. The zero-order valence-electron chi connectivity index (χ0n) is 7.45. The first-order valence-electron chi connectivity index (χ1n) is 4.26. The number of hydrogen-bond acceptors (Lipinski definition) is 2. The highest BCUT2D eigenvalue weighted by Crippen LogP contribution is 2.00. The minimum atomic E-state index is -0.533. The third-order valence-corrected chi connectivity index (χ3v) is 1.64. The molecule has 1 atom stereocenters. The minimum absolute atomic E-state index is 0.269. The lowest BCUT2D eigenvalue weighted by molar-refractivity contribution is 0.101. The first kappa shape index (κ1) is 10.2. The lowest BCUT2D eigenvalue weighted by Crippen LogP contribution is -2.28. The molecule has 72 valence electrons.